The fraction of sp³-hybridized carbons (Fsp3) is 0.556. The lowest BCUT2D eigenvalue weighted by molar-refractivity contribution is -0.136. The van der Waals surface area contributed by atoms with Gasteiger partial charge in [-0.25, -0.2) is 0 Å². The van der Waals surface area contributed by atoms with Crippen LogP contribution in [0.25, 0.3) is 0 Å². The summed E-state index contributed by atoms with van der Waals surface area (Å²) >= 11 is 0. The number of carbonyl (C=O) groups excluding carboxylic acids is 2. The second-order valence-electron chi connectivity index (χ2n) is 5.82. The smallest absolute Gasteiger partial charge is 0.228 e. The van der Waals surface area contributed by atoms with Gasteiger partial charge in [-0.05, 0) is 19.9 Å². The van der Waals surface area contributed by atoms with E-state index >= 15 is 0 Å². The van der Waals surface area contributed by atoms with Crippen LogP contribution in [-0.4, -0.2) is 60.1 Å². The standard InChI is InChI=1S/C18H26N2O4/c1-4-19(10-11-21)18(23)14-12-16(22)20(5-2)17(14)13-8-6-7-9-15(13)24-3/h6-9,14,17,21H,4-5,10-12H2,1-3H3/t14-,17+/m1/s1. The van der Waals surface area contributed by atoms with E-state index in [1.165, 1.54) is 0 Å². The van der Waals surface area contributed by atoms with Crippen molar-refractivity contribution in [3.63, 3.8) is 0 Å². The Morgan fingerprint density at radius 2 is 2.08 bits per heavy atom. The Morgan fingerprint density at radius 3 is 2.67 bits per heavy atom. The van der Waals surface area contributed by atoms with E-state index in [9.17, 15) is 14.7 Å². The summed E-state index contributed by atoms with van der Waals surface area (Å²) in [5.41, 5.74) is 0.853. The number of aliphatic hydroxyl groups excluding tert-OH is 1. The molecular formula is C18H26N2O4. The van der Waals surface area contributed by atoms with Crippen molar-refractivity contribution in [1.29, 1.82) is 0 Å². The molecule has 0 aliphatic carbocycles. The van der Waals surface area contributed by atoms with E-state index in [2.05, 4.69) is 0 Å². The van der Waals surface area contributed by atoms with Gasteiger partial charge in [-0.15, -0.1) is 0 Å². The summed E-state index contributed by atoms with van der Waals surface area (Å²) in [6, 6.07) is 7.18. The molecule has 0 radical (unpaired) electrons. The Labute approximate surface area is 143 Å². The predicted octanol–water partition coefficient (Wildman–Crippen LogP) is 1.45. The van der Waals surface area contributed by atoms with Gasteiger partial charge < -0.3 is 19.6 Å². The Balaban J connectivity index is 2.42. The van der Waals surface area contributed by atoms with Crippen molar-refractivity contribution in [3.05, 3.63) is 29.8 Å². The van der Waals surface area contributed by atoms with Crippen molar-refractivity contribution in [1.82, 2.24) is 9.80 Å². The third-order valence-electron chi connectivity index (χ3n) is 4.61. The molecule has 1 aliphatic rings. The quantitative estimate of drug-likeness (QED) is 0.819. The fourth-order valence-corrected chi connectivity index (χ4v) is 3.46. The SMILES string of the molecule is CCN(CCO)C(=O)[C@@H]1CC(=O)N(CC)[C@H]1c1ccccc1OC. The molecule has 1 heterocycles. The van der Waals surface area contributed by atoms with Crippen molar-refractivity contribution in [2.45, 2.75) is 26.3 Å². The molecule has 0 aromatic heterocycles. The van der Waals surface area contributed by atoms with Crippen molar-refractivity contribution >= 4 is 11.8 Å². The number of rotatable bonds is 7. The van der Waals surface area contributed by atoms with E-state index in [0.717, 1.165) is 5.56 Å². The molecule has 0 saturated carbocycles. The highest BCUT2D eigenvalue weighted by atomic mass is 16.5. The third kappa shape index (κ3) is 3.38. The summed E-state index contributed by atoms with van der Waals surface area (Å²) in [7, 11) is 1.59. The van der Waals surface area contributed by atoms with Crippen LogP contribution >= 0.6 is 0 Å². The van der Waals surface area contributed by atoms with E-state index < -0.39 is 5.92 Å². The number of hydrogen-bond acceptors (Lipinski definition) is 4. The minimum Gasteiger partial charge on any atom is -0.496 e. The summed E-state index contributed by atoms with van der Waals surface area (Å²) in [6.07, 6.45) is 0.192. The van der Waals surface area contributed by atoms with Gasteiger partial charge in [0, 0.05) is 31.6 Å². The molecule has 1 saturated heterocycles. The summed E-state index contributed by atoms with van der Waals surface area (Å²) in [6.45, 7) is 5.03. The molecule has 1 aliphatic heterocycles. The number of ether oxygens (including phenoxy) is 1. The number of benzene rings is 1. The van der Waals surface area contributed by atoms with Crippen LogP contribution in [0.3, 0.4) is 0 Å². The van der Waals surface area contributed by atoms with Gasteiger partial charge in [-0.1, -0.05) is 18.2 Å². The van der Waals surface area contributed by atoms with E-state index in [0.29, 0.717) is 18.8 Å². The lowest BCUT2D eigenvalue weighted by Gasteiger charge is -2.31. The fourth-order valence-electron chi connectivity index (χ4n) is 3.46. The van der Waals surface area contributed by atoms with Gasteiger partial charge in [0.15, 0.2) is 0 Å². The van der Waals surface area contributed by atoms with E-state index in [4.69, 9.17) is 4.74 Å². The number of para-hydroxylation sites is 1. The van der Waals surface area contributed by atoms with Crippen LogP contribution < -0.4 is 4.74 Å². The number of likely N-dealkylation sites (tertiary alicyclic amines) is 1. The molecule has 132 valence electrons. The molecule has 2 atom stereocenters. The van der Waals surface area contributed by atoms with Gasteiger partial charge in [-0.3, -0.25) is 9.59 Å². The van der Waals surface area contributed by atoms with Crippen LogP contribution in [0.1, 0.15) is 31.9 Å². The molecule has 24 heavy (non-hydrogen) atoms. The van der Waals surface area contributed by atoms with Gasteiger partial charge >= 0.3 is 0 Å². The third-order valence-corrected chi connectivity index (χ3v) is 4.61. The van der Waals surface area contributed by atoms with Gasteiger partial charge in [0.25, 0.3) is 0 Å². The first kappa shape index (κ1) is 18.3. The molecule has 1 aromatic carbocycles. The minimum absolute atomic E-state index is 0.0215. The Kier molecular flexibility index (Phi) is 6.20. The molecule has 1 aromatic rings. The first-order valence-electron chi connectivity index (χ1n) is 8.40. The molecule has 6 nitrogen and oxygen atoms in total. The molecular weight excluding hydrogens is 308 g/mol. The zero-order valence-electron chi connectivity index (χ0n) is 14.6. The second kappa shape index (κ2) is 8.15. The maximum atomic E-state index is 13.0. The van der Waals surface area contributed by atoms with Crippen molar-refractivity contribution in [3.8, 4) is 5.75 Å². The summed E-state index contributed by atoms with van der Waals surface area (Å²) in [5, 5.41) is 9.18. The lowest BCUT2D eigenvalue weighted by atomic mass is 9.91. The van der Waals surface area contributed by atoms with Crippen molar-refractivity contribution in [2.24, 2.45) is 5.92 Å². The van der Waals surface area contributed by atoms with E-state index in [-0.39, 0.29) is 37.4 Å². The van der Waals surface area contributed by atoms with Crippen molar-refractivity contribution < 1.29 is 19.4 Å². The highest BCUT2D eigenvalue weighted by Gasteiger charge is 2.45. The van der Waals surface area contributed by atoms with Gasteiger partial charge in [-0.2, -0.15) is 0 Å². The number of hydrogen-bond donors (Lipinski definition) is 1. The predicted molar refractivity (Wildman–Crippen MR) is 90.6 cm³/mol. The van der Waals surface area contributed by atoms with Crippen molar-refractivity contribution in [2.75, 3.05) is 33.4 Å². The monoisotopic (exact) mass is 334 g/mol. The first-order chi connectivity index (χ1) is 11.6. The van der Waals surface area contributed by atoms with Crippen LogP contribution in [0.5, 0.6) is 5.75 Å². The van der Waals surface area contributed by atoms with Gasteiger partial charge in [0.2, 0.25) is 11.8 Å². The second-order valence-corrected chi connectivity index (χ2v) is 5.82. The topological polar surface area (TPSA) is 70.1 Å². The molecule has 0 bridgehead atoms. The summed E-state index contributed by atoms with van der Waals surface area (Å²) < 4.78 is 5.45. The molecule has 6 heteroatoms. The Hall–Kier alpha value is -2.08. The Morgan fingerprint density at radius 1 is 1.38 bits per heavy atom. The zero-order chi connectivity index (χ0) is 17.7. The van der Waals surface area contributed by atoms with Crippen LogP contribution in [0.15, 0.2) is 24.3 Å². The molecule has 1 N–H and O–H groups in total. The minimum atomic E-state index is -0.458. The molecule has 2 amide bonds. The van der Waals surface area contributed by atoms with Gasteiger partial charge in [0.05, 0.1) is 25.7 Å². The Bertz CT molecular complexity index is 590. The number of carbonyl (C=O) groups is 2. The van der Waals surface area contributed by atoms with Crippen LogP contribution in [0.4, 0.5) is 0 Å². The average molecular weight is 334 g/mol. The zero-order valence-corrected chi connectivity index (χ0v) is 14.6. The molecule has 1 fully saturated rings. The number of nitrogens with zero attached hydrogens (tertiary/aromatic N) is 2. The van der Waals surface area contributed by atoms with E-state index in [1.807, 2.05) is 38.1 Å². The highest BCUT2D eigenvalue weighted by molar-refractivity contribution is 5.90. The molecule has 0 unspecified atom stereocenters. The lowest BCUT2D eigenvalue weighted by Crippen LogP contribution is -2.40. The largest absolute Gasteiger partial charge is 0.496 e. The summed E-state index contributed by atoms with van der Waals surface area (Å²) in [4.78, 5) is 28.7. The number of aliphatic hydroxyl groups is 1. The molecule has 2 rings (SSSR count). The van der Waals surface area contributed by atoms with Gasteiger partial charge in [0.1, 0.15) is 5.75 Å². The maximum Gasteiger partial charge on any atom is 0.228 e. The average Bonchev–Trinajstić information content (AvgIpc) is 2.95. The summed E-state index contributed by atoms with van der Waals surface area (Å²) in [5.74, 6) is 0.109. The number of methoxy groups -OCH3 is 1. The highest BCUT2D eigenvalue weighted by Crippen LogP contribution is 2.42. The van der Waals surface area contributed by atoms with Crippen LogP contribution in [0, 0.1) is 5.92 Å². The van der Waals surface area contributed by atoms with Crippen LogP contribution in [0.2, 0.25) is 0 Å². The van der Waals surface area contributed by atoms with Crippen LogP contribution in [-0.2, 0) is 9.59 Å². The number of amides is 2. The number of likely N-dealkylation sites (N-methyl/N-ethyl adjacent to an activating group) is 1. The normalized spacial score (nSPS) is 20.3. The van der Waals surface area contributed by atoms with E-state index in [1.54, 1.807) is 16.9 Å². The first-order valence-corrected chi connectivity index (χ1v) is 8.40. The molecule has 0 spiro atoms. The maximum absolute atomic E-state index is 13.0.